The monoisotopic (exact) mass is 376 g/mol. The predicted molar refractivity (Wildman–Crippen MR) is 80.1 cm³/mol. The number of sulfonamides is 1. The van der Waals surface area contributed by atoms with Crippen LogP contribution >= 0.6 is 27.5 Å². The van der Waals surface area contributed by atoms with Crippen molar-refractivity contribution in [3.63, 3.8) is 0 Å². The number of nitrogens with zero attached hydrogens (tertiary/aromatic N) is 1. The number of anilines is 1. The summed E-state index contributed by atoms with van der Waals surface area (Å²) in [6.45, 7) is -0.338. The molecule has 106 valence electrons. The van der Waals surface area contributed by atoms with E-state index in [1.54, 1.807) is 12.1 Å². The highest BCUT2D eigenvalue weighted by Gasteiger charge is 2.17. The van der Waals surface area contributed by atoms with E-state index in [0.29, 0.717) is 15.1 Å². The number of nitrogens with one attached hydrogen (secondary N) is 1. The van der Waals surface area contributed by atoms with Gasteiger partial charge in [0.25, 0.3) is 10.0 Å². The van der Waals surface area contributed by atoms with Gasteiger partial charge in [0.05, 0.1) is 16.0 Å². The molecule has 2 aromatic rings. The number of hydrogen-bond donors (Lipinski definition) is 2. The molecule has 0 aliphatic heterocycles. The average molecular weight is 378 g/mol. The third kappa shape index (κ3) is 3.29. The summed E-state index contributed by atoms with van der Waals surface area (Å²) in [5.41, 5.74) is 0.342. The molecular weight excluding hydrogens is 368 g/mol. The quantitative estimate of drug-likeness (QED) is 0.858. The summed E-state index contributed by atoms with van der Waals surface area (Å²) in [6, 6.07) is 7.46. The SMILES string of the molecule is O=S(=O)(Nc1ncccc1Br)c1ccc(Cl)c(CO)c1. The fraction of sp³-hybridized carbons (Fsp3) is 0.0833. The standard InChI is InChI=1S/C12H10BrClN2O3S/c13-10-2-1-5-15-12(10)16-20(18,19)9-3-4-11(14)8(6-9)7-17/h1-6,17H,7H2,(H,15,16). The molecule has 5 nitrogen and oxygen atoms in total. The Morgan fingerprint density at radius 1 is 1.35 bits per heavy atom. The van der Waals surface area contributed by atoms with E-state index in [0.717, 1.165) is 0 Å². The van der Waals surface area contributed by atoms with Crippen molar-refractivity contribution in [3.8, 4) is 0 Å². The van der Waals surface area contributed by atoms with E-state index in [1.807, 2.05) is 0 Å². The lowest BCUT2D eigenvalue weighted by Crippen LogP contribution is -2.14. The minimum Gasteiger partial charge on any atom is -0.392 e. The van der Waals surface area contributed by atoms with Gasteiger partial charge in [-0.1, -0.05) is 11.6 Å². The van der Waals surface area contributed by atoms with Crippen molar-refractivity contribution in [1.29, 1.82) is 0 Å². The molecule has 0 unspecified atom stereocenters. The van der Waals surface area contributed by atoms with Crippen molar-refractivity contribution in [2.24, 2.45) is 0 Å². The highest BCUT2D eigenvalue weighted by atomic mass is 79.9. The zero-order chi connectivity index (χ0) is 14.8. The van der Waals surface area contributed by atoms with Crippen molar-refractivity contribution in [2.45, 2.75) is 11.5 Å². The molecule has 0 amide bonds. The molecule has 0 radical (unpaired) electrons. The first-order chi connectivity index (χ1) is 9.44. The van der Waals surface area contributed by atoms with Crippen LogP contribution in [0.5, 0.6) is 0 Å². The van der Waals surface area contributed by atoms with Crippen LogP contribution in [0.4, 0.5) is 5.82 Å². The third-order valence-corrected chi connectivity index (χ3v) is 4.83. The molecule has 0 bridgehead atoms. The highest BCUT2D eigenvalue weighted by Crippen LogP contribution is 2.24. The van der Waals surface area contributed by atoms with Crippen molar-refractivity contribution in [3.05, 3.63) is 51.6 Å². The summed E-state index contributed by atoms with van der Waals surface area (Å²) in [5, 5.41) is 9.43. The molecule has 0 atom stereocenters. The molecule has 0 saturated carbocycles. The predicted octanol–water partition coefficient (Wildman–Crippen LogP) is 2.79. The number of aliphatic hydroxyl groups excluding tert-OH is 1. The minimum atomic E-state index is -3.80. The van der Waals surface area contributed by atoms with Crippen LogP contribution in [0.1, 0.15) is 5.56 Å². The van der Waals surface area contributed by atoms with E-state index in [4.69, 9.17) is 16.7 Å². The smallest absolute Gasteiger partial charge is 0.263 e. The van der Waals surface area contributed by atoms with Gasteiger partial charge in [0.15, 0.2) is 5.82 Å². The second-order valence-corrected chi connectivity index (χ2v) is 6.79. The molecule has 8 heteroatoms. The molecule has 1 aromatic carbocycles. The summed E-state index contributed by atoms with van der Waals surface area (Å²) < 4.78 is 27.4. The van der Waals surface area contributed by atoms with Gasteiger partial charge in [0.1, 0.15) is 0 Å². The maximum atomic E-state index is 12.2. The van der Waals surface area contributed by atoms with Gasteiger partial charge in [-0.25, -0.2) is 13.4 Å². The van der Waals surface area contributed by atoms with Gasteiger partial charge in [-0.2, -0.15) is 0 Å². The van der Waals surface area contributed by atoms with E-state index < -0.39 is 10.0 Å². The molecule has 0 aliphatic rings. The second-order valence-electron chi connectivity index (χ2n) is 3.85. The normalized spacial score (nSPS) is 11.3. The molecule has 1 aromatic heterocycles. The largest absolute Gasteiger partial charge is 0.392 e. The average Bonchev–Trinajstić information content (AvgIpc) is 2.41. The van der Waals surface area contributed by atoms with Crippen LogP contribution in [0.15, 0.2) is 45.9 Å². The summed E-state index contributed by atoms with van der Waals surface area (Å²) in [6.07, 6.45) is 1.48. The van der Waals surface area contributed by atoms with Gasteiger partial charge in [0, 0.05) is 11.2 Å². The van der Waals surface area contributed by atoms with Gasteiger partial charge >= 0.3 is 0 Å². The Hall–Kier alpha value is -1.15. The zero-order valence-electron chi connectivity index (χ0n) is 10.0. The summed E-state index contributed by atoms with van der Waals surface area (Å²) in [7, 11) is -3.80. The van der Waals surface area contributed by atoms with Crippen LogP contribution in [-0.2, 0) is 16.6 Å². The molecule has 0 saturated heterocycles. The molecule has 20 heavy (non-hydrogen) atoms. The minimum absolute atomic E-state index is 0.00324. The van der Waals surface area contributed by atoms with E-state index in [2.05, 4.69) is 25.6 Å². The van der Waals surface area contributed by atoms with Crippen LogP contribution in [-0.4, -0.2) is 18.5 Å². The van der Waals surface area contributed by atoms with Crippen LogP contribution in [0.25, 0.3) is 0 Å². The maximum absolute atomic E-state index is 12.2. The number of benzene rings is 1. The molecule has 2 rings (SSSR count). The number of aromatic nitrogens is 1. The summed E-state index contributed by atoms with van der Waals surface area (Å²) in [5.74, 6) is 0.188. The van der Waals surface area contributed by atoms with E-state index in [1.165, 1.54) is 24.4 Å². The maximum Gasteiger partial charge on any atom is 0.263 e. The lowest BCUT2D eigenvalue weighted by molar-refractivity contribution is 0.281. The van der Waals surface area contributed by atoms with Gasteiger partial charge < -0.3 is 5.11 Å². The number of pyridine rings is 1. The highest BCUT2D eigenvalue weighted by molar-refractivity contribution is 9.10. The van der Waals surface area contributed by atoms with Gasteiger partial charge in [-0.3, -0.25) is 4.72 Å². The Morgan fingerprint density at radius 3 is 2.75 bits per heavy atom. The zero-order valence-corrected chi connectivity index (χ0v) is 13.2. The first kappa shape index (κ1) is 15.2. The Morgan fingerprint density at radius 2 is 2.10 bits per heavy atom. The van der Waals surface area contributed by atoms with Crippen molar-refractivity contribution in [2.75, 3.05) is 4.72 Å². The number of rotatable bonds is 4. The number of hydrogen-bond acceptors (Lipinski definition) is 4. The number of aliphatic hydroxyl groups is 1. The number of halogens is 2. The van der Waals surface area contributed by atoms with Gasteiger partial charge in [-0.15, -0.1) is 0 Å². The van der Waals surface area contributed by atoms with Crippen LogP contribution in [0.2, 0.25) is 5.02 Å². The molecule has 0 aliphatic carbocycles. The van der Waals surface area contributed by atoms with E-state index in [-0.39, 0.29) is 17.3 Å². The van der Waals surface area contributed by atoms with Crippen molar-refractivity contribution < 1.29 is 13.5 Å². The molecule has 1 heterocycles. The van der Waals surface area contributed by atoms with Crippen LogP contribution in [0.3, 0.4) is 0 Å². The van der Waals surface area contributed by atoms with Crippen molar-refractivity contribution in [1.82, 2.24) is 4.98 Å². The lowest BCUT2D eigenvalue weighted by Gasteiger charge is -2.10. The summed E-state index contributed by atoms with van der Waals surface area (Å²) in [4.78, 5) is 3.94. The summed E-state index contributed by atoms with van der Waals surface area (Å²) >= 11 is 9.05. The van der Waals surface area contributed by atoms with E-state index in [9.17, 15) is 8.42 Å². The lowest BCUT2D eigenvalue weighted by atomic mass is 10.2. The van der Waals surface area contributed by atoms with Crippen LogP contribution in [0, 0.1) is 0 Å². The Kier molecular flexibility index (Phi) is 4.64. The van der Waals surface area contributed by atoms with E-state index >= 15 is 0 Å². The second kappa shape index (κ2) is 6.09. The topological polar surface area (TPSA) is 79.3 Å². The Balaban J connectivity index is 2.38. The Labute approximate surface area is 129 Å². The molecular formula is C12H10BrClN2O3S. The molecule has 0 spiro atoms. The van der Waals surface area contributed by atoms with Gasteiger partial charge in [0.2, 0.25) is 0 Å². The third-order valence-electron chi connectivity index (χ3n) is 2.49. The fourth-order valence-electron chi connectivity index (χ4n) is 1.49. The molecule has 2 N–H and O–H groups in total. The van der Waals surface area contributed by atoms with Gasteiger partial charge in [-0.05, 0) is 51.8 Å². The fourth-order valence-corrected chi connectivity index (χ4v) is 3.23. The molecule has 0 fully saturated rings. The first-order valence-corrected chi connectivity index (χ1v) is 8.12. The van der Waals surface area contributed by atoms with Crippen molar-refractivity contribution >= 4 is 43.4 Å². The Bertz CT molecular complexity index is 737. The first-order valence-electron chi connectivity index (χ1n) is 5.46. The van der Waals surface area contributed by atoms with Crippen LogP contribution < -0.4 is 4.72 Å².